The molecule has 2 rings (SSSR count). The van der Waals surface area contributed by atoms with Crippen LogP contribution in [-0.4, -0.2) is 34.2 Å². The van der Waals surface area contributed by atoms with Gasteiger partial charge in [0.15, 0.2) is 0 Å². The molecule has 0 aliphatic heterocycles. The molecule has 1 aliphatic carbocycles. The Balaban J connectivity index is 1.76. The van der Waals surface area contributed by atoms with E-state index < -0.39 is 5.60 Å². The Bertz CT molecular complexity index is 454. The molecule has 0 aromatic carbocycles. The largest absolute Gasteiger partial charge is 0.444 e. The van der Waals surface area contributed by atoms with Crippen molar-refractivity contribution in [3.63, 3.8) is 0 Å². The molecule has 1 aliphatic rings. The Morgan fingerprint density at radius 1 is 1.48 bits per heavy atom. The highest BCUT2D eigenvalue weighted by molar-refractivity contribution is 5.67. The van der Waals surface area contributed by atoms with E-state index in [1.165, 1.54) is 12.8 Å². The molecule has 1 unspecified atom stereocenters. The normalized spacial score (nSPS) is 16.3. The minimum absolute atomic E-state index is 0.257. The summed E-state index contributed by atoms with van der Waals surface area (Å²) in [5.41, 5.74) is 0.487. The number of hydrogen-bond donors (Lipinski definition) is 2. The molecule has 0 radical (unpaired) electrons. The average molecular weight is 292 g/mol. The Morgan fingerprint density at radius 3 is 2.81 bits per heavy atom. The summed E-state index contributed by atoms with van der Waals surface area (Å²) in [6, 6.07) is 2.14. The van der Waals surface area contributed by atoms with Gasteiger partial charge in [0.05, 0.1) is 5.69 Å². The summed E-state index contributed by atoms with van der Waals surface area (Å²) in [6.07, 6.45) is 5.32. The van der Waals surface area contributed by atoms with Gasteiger partial charge in [-0.05, 0) is 45.6 Å². The molecule has 0 bridgehead atoms. The van der Waals surface area contributed by atoms with Crippen molar-refractivity contribution in [3.05, 3.63) is 24.3 Å². The van der Waals surface area contributed by atoms with Gasteiger partial charge in [-0.25, -0.2) is 14.8 Å². The summed E-state index contributed by atoms with van der Waals surface area (Å²) >= 11 is 0. The monoisotopic (exact) mass is 292 g/mol. The fourth-order valence-electron chi connectivity index (χ4n) is 2.07. The molecule has 116 valence electrons. The van der Waals surface area contributed by atoms with Crippen molar-refractivity contribution < 1.29 is 9.53 Å². The number of rotatable bonds is 6. The summed E-state index contributed by atoms with van der Waals surface area (Å²) in [7, 11) is 0. The van der Waals surface area contributed by atoms with Gasteiger partial charge >= 0.3 is 6.09 Å². The number of alkyl carbamates (subject to hydrolysis) is 1. The molecule has 1 aromatic rings. The lowest BCUT2D eigenvalue weighted by Crippen LogP contribution is -2.43. The van der Waals surface area contributed by atoms with Gasteiger partial charge in [-0.3, -0.25) is 0 Å². The van der Waals surface area contributed by atoms with Crippen LogP contribution < -0.4 is 10.6 Å². The third-order valence-electron chi connectivity index (χ3n) is 3.24. The van der Waals surface area contributed by atoms with Crippen LogP contribution in [0.2, 0.25) is 0 Å². The van der Waals surface area contributed by atoms with E-state index in [9.17, 15) is 4.79 Å². The molecule has 0 spiro atoms. The quantitative estimate of drug-likeness (QED) is 0.837. The fraction of sp³-hybridized carbons (Fsp3) is 0.667. The van der Waals surface area contributed by atoms with Crippen molar-refractivity contribution in [2.75, 3.05) is 6.54 Å². The van der Waals surface area contributed by atoms with Crippen molar-refractivity contribution in [3.8, 4) is 0 Å². The predicted molar refractivity (Wildman–Crippen MR) is 79.6 cm³/mol. The number of ether oxygens (including phenoxy) is 1. The lowest BCUT2D eigenvalue weighted by atomic mass is 10.2. The SMILES string of the molecule is CC(C)(C)OC(=O)NCC(NCc1ccncn1)C1CC1. The molecule has 1 heterocycles. The van der Waals surface area contributed by atoms with Crippen LogP contribution in [-0.2, 0) is 11.3 Å². The summed E-state index contributed by atoms with van der Waals surface area (Å²) in [5, 5.41) is 6.30. The van der Waals surface area contributed by atoms with Crippen LogP contribution >= 0.6 is 0 Å². The van der Waals surface area contributed by atoms with E-state index >= 15 is 0 Å². The molecule has 6 heteroatoms. The van der Waals surface area contributed by atoms with Gasteiger partial charge in [0.2, 0.25) is 0 Å². The molecule has 1 aromatic heterocycles. The van der Waals surface area contributed by atoms with Crippen molar-refractivity contribution in [2.24, 2.45) is 5.92 Å². The summed E-state index contributed by atoms with van der Waals surface area (Å²) < 4.78 is 5.25. The predicted octanol–water partition coefficient (Wildman–Crippen LogP) is 1.87. The van der Waals surface area contributed by atoms with Gasteiger partial charge in [0.25, 0.3) is 0 Å². The Morgan fingerprint density at radius 2 is 2.24 bits per heavy atom. The number of amides is 1. The fourth-order valence-corrected chi connectivity index (χ4v) is 2.07. The van der Waals surface area contributed by atoms with Gasteiger partial charge < -0.3 is 15.4 Å². The lowest BCUT2D eigenvalue weighted by Gasteiger charge is -2.22. The Labute approximate surface area is 125 Å². The lowest BCUT2D eigenvalue weighted by molar-refractivity contribution is 0.0521. The van der Waals surface area contributed by atoms with E-state index in [0.717, 1.165) is 5.69 Å². The van der Waals surface area contributed by atoms with Crippen LogP contribution in [0.15, 0.2) is 18.6 Å². The van der Waals surface area contributed by atoms with Gasteiger partial charge in [0.1, 0.15) is 11.9 Å². The molecular weight excluding hydrogens is 268 g/mol. The summed E-state index contributed by atoms with van der Waals surface area (Å²) in [5.74, 6) is 0.627. The number of hydrogen-bond acceptors (Lipinski definition) is 5. The number of carbonyl (C=O) groups is 1. The minimum atomic E-state index is -0.465. The number of nitrogens with one attached hydrogen (secondary N) is 2. The van der Waals surface area contributed by atoms with Crippen molar-refractivity contribution in [2.45, 2.75) is 51.8 Å². The topological polar surface area (TPSA) is 76.1 Å². The van der Waals surface area contributed by atoms with Gasteiger partial charge in [0, 0.05) is 25.3 Å². The van der Waals surface area contributed by atoms with E-state index in [2.05, 4.69) is 20.6 Å². The van der Waals surface area contributed by atoms with Crippen molar-refractivity contribution in [1.82, 2.24) is 20.6 Å². The third-order valence-corrected chi connectivity index (χ3v) is 3.24. The second-order valence-electron chi connectivity index (χ2n) is 6.41. The standard InChI is InChI=1S/C15H24N4O2/c1-15(2,3)21-14(20)18-9-13(11-4-5-11)17-8-12-6-7-16-10-19-12/h6-7,10-11,13,17H,4-5,8-9H2,1-3H3,(H,18,20). The second kappa shape index (κ2) is 6.85. The van der Waals surface area contributed by atoms with Crippen molar-refractivity contribution >= 4 is 6.09 Å². The third kappa shape index (κ3) is 6.08. The molecule has 6 nitrogen and oxygen atoms in total. The van der Waals surface area contributed by atoms with Gasteiger partial charge in [-0.15, -0.1) is 0 Å². The van der Waals surface area contributed by atoms with E-state index in [1.54, 1.807) is 12.5 Å². The zero-order chi connectivity index (χ0) is 15.3. The first kappa shape index (κ1) is 15.7. The van der Waals surface area contributed by atoms with Gasteiger partial charge in [-0.1, -0.05) is 0 Å². The van der Waals surface area contributed by atoms with Gasteiger partial charge in [-0.2, -0.15) is 0 Å². The average Bonchev–Trinajstić information content (AvgIpc) is 3.22. The van der Waals surface area contributed by atoms with E-state index in [0.29, 0.717) is 19.0 Å². The zero-order valence-electron chi connectivity index (χ0n) is 12.9. The minimum Gasteiger partial charge on any atom is -0.444 e. The molecule has 1 amide bonds. The molecule has 2 N–H and O–H groups in total. The van der Waals surface area contributed by atoms with Crippen LogP contribution in [0.1, 0.15) is 39.3 Å². The van der Waals surface area contributed by atoms with Crippen LogP contribution in [0.4, 0.5) is 4.79 Å². The zero-order valence-corrected chi connectivity index (χ0v) is 12.9. The van der Waals surface area contributed by atoms with E-state index in [4.69, 9.17) is 4.74 Å². The maximum atomic E-state index is 11.7. The molecule has 0 saturated heterocycles. The van der Waals surface area contributed by atoms with Crippen LogP contribution in [0.5, 0.6) is 0 Å². The molecular formula is C15H24N4O2. The highest BCUT2D eigenvalue weighted by atomic mass is 16.6. The number of carbonyl (C=O) groups excluding carboxylic acids is 1. The highest BCUT2D eigenvalue weighted by Gasteiger charge is 2.31. The number of nitrogens with zero attached hydrogens (tertiary/aromatic N) is 2. The molecule has 1 saturated carbocycles. The molecule has 21 heavy (non-hydrogen) atoms. The van der Waals surface area contributed by atoms with E-state index in [-0.39, 0.29) is 12.1 Å². The Kier molecular flexibility index (Phi) is 5.12. The summed E-state index contributed by atoms with van der Waals surface area (Å²) in [4.78, 5) is 19.8. The first-order chi connectivity index (χ1) is 9.94. The first-order valence-corrected chi connectivity index (χ1v) is 7.39. The van der Waals surface area contributed by atoms with Crippen molar-refractivity contribution in [1.29, 1.82) is 0 Å². The highest BCUT2D eigenvalue weighted by Crippen LogP contribution is 2.32. The molecule has 1 fully saturated rings. The van der Waals surface area contributed by atoms with E-state index in [1.807, 2.05) is 26.8 Å². The van der Waals surface area contributed by atoms with Crippen LogP contribution in [0.25, 0.3) is 0 Å². The maximum Gasteiger partial charge on any atom is 0.407 e. The Hall–Kier alpha value is -1.69. The molecule has 1 atom stereocenters. The number of aromatic nitrogens is 2. The second-order valence-corrected chi connectivity index (χ2v) is 6.41. The maximum absolute atomic E-state index is 11.7. The van der Waals surface area contributed by atoms with Crippen LogP contribution in [0.3, 0.4) is 0 Å². The summed E-state index contributed by atoms with van der Waals surface area (Å²) in [6.45, 7) is 6.83. The first-order valence-electron chi connectivity index (χ1n) is 7.39. The van der Waals surface area contributed by atoms with Crippen LogP contribution in [0, 0.1) is 5.92 Å². The smallest absolute Gasteiger partial charge is 0.407 e.